The Morgan fingerprint density at radius 3 is 1.30 bits per heavy atom. The summed E-state index contributed by atoms with van der Waals surface area (Å²) in [5.41, 5.74) is 0. The van der Waals surface area contributed by atoms with Crippen LogP contribution in [0.25, 0.3) is 0 Å². The minimum Gasteiger partial charge on any atom is -0.481 e. The number of unbranched alkanes of at least 4 members (excludes halogenated alkanes) is 18. The lowest BCUT2D eigenvalue weighted by molar-refractivity contribution is -0.137. The van der Waals surface area contributed by atoms with Gasteiger partial charge in [-0.15, -0.1) is 0 Å². The Labute approximate surface area is 208 Å². The molecule has 0 bridgehead atoms. The van der Waals surface area contributed by atoms with E-state index in [0.29, 0.717) is 12.6 Å². The average molecular weight is 471 g/mol. The second-order valence-corrected chi connectivity index (χ2v) is 10.1. The van der Waals surface area contributed by atoms with Gasteiger partial charge in [0.2, 0.25) is 0 Å². The van der Waals surface area contributed by atoms with Crippen LogP contribution in [-0.2, 0) is 4.79 Å². The number of carboxylic acid groups (broad SMARTS) is 1. The van der Waals surface area contributed by atoms with Gasteiger partial charge in [-0.1, -0.05) is 129 Å². The van der Waals surface area contributed by atoms with Crippen molar-refractivity contribution in [2.24, 2.45) is 0 Å². The van der Waals surface area contributed by atoms with Crippen molar-refractivity contribution in [2.75, 3.05) is 20.6 Å². The number of hydrogen-bond donors (Lipinski definition) is 2. The molecule has 1 atom stereocenters. The zero-order chi connectivity index (χ0) is 25.0. The zero-order valence-electron chi connectivity index (χ0n) is 23.4. The third-order valence-electron chi connectivity index (χ3n) is 6.49. The van der Waals surface area contributed by atoms with Gasteiger partial charge in [-0.3, -0.25) is 9.69 Å². The van der Waals surface area contributed by atoms with Gasteiger partial charge in [0.1, 0.15) is 0 Å². The lowest BCUT2D eigenvalue weighted by Gasteiger charge is -2.20. The van der Waals surface area contributed by atoms with Crippen LogP contribution in [0.4, 0.5) is 0 Å². The molecule has 0 aliphatic carbocycles. The molecule has 0 rings (SSSR count). The summed E-state index contributed by atoms with van der Waals surface area (Å²) in [4.78, 5) is 12.5. The van der Waals surface area contributed by atoms with Crippen LogP contribution in [0.5, 0.6) is 0 Å². The lowest BCUT2D eigenvalue weighted by Crippen LogP contribution is -2.39. The molecule has 33 heavy (non-hydrogen) atoms. The van der Waals surface area contributed by atoms with Crippen LogP contribution < -0.4 is 5.32 Å². The molecule has 0 aliphatic heterocycles. The Morgan fingerprint density at radius 2 is 0.970 bits per heavy atom. The van der Waals surface area contributed by atoms with Crippen molar-refractivity contribution in [3.8, 4) is 0 Å². The quantitative estimate of drug-likeness (QED) is 0.109. The minimum atomic E-state index is -0.652. The molecule has 0 fully saturated rings. The SMILES string of the molecule is CCCCCCCCCCCCCCCCCCCC(=O)O.CCCCCNC(C)N(C)C. The third-order valence-corrected chi connectivity index (χ3v) is 6.49. The van der Waals surface area contributed by atoms with Crippen LogP contribution in [0.3, 0.4) is 0 Å². The lowest BCUT2D eigenvalue weighted by atomic mass is 10.0. The van der Waals surface area contributed by atoms with Crippen LogP contribution in [0.2, 0.25) is 0 Å². The first kappa shape index (κ1) is 34.6. The maximum absolute atomic E-state index is 10.4. The molecule has 0 aromatic rings. The van der Waals surface area contributed by atoms with Crippen molar-refractivity contribution in [1.82, 2.24) is 10.2 Å². The smallest absolute Gasteiger partial charge is 0.303 e. The normalized spacial score (nSPS) is 11.9. The summed E-state index contributed by atoms with van der Waals surface area (Å²) in [6.07, 6.45) is 27.6. The topological polar surface area (TPSA) is 52.6 Å². The first-order chi connectivity index (χ1) is 16.0. The second-order valence-electron chi connectivity index (χ2n) is 10.1. The molecule has 1 unspecified atom stereocenters. The van der Waals surface area contributed by atoms with Gasteiger partial charge in [-0.2, -0.15) is 0 Å². The fraction of sp³-hybridized carbons (Fsp3) is 0.966. The van der Waals surface area contributed by atoms with Crippen molar-refractivity contribution in [3.63, 3.8) is 0 Å². The van der Waals surface area contributed by atoms with Gasteiger partial charge >= 0.3 is 5.97 Å². The molecule has 2 N–H and O–H groups in total. The molecule has 0 heterocycles. The monoisotopic (exact) mass is 470 g/mol. The fourth-order valence-corrected chi connectivity index (χ4v) is 3.87. The molecule has 0 saturated carbocycles. The molecule has 4 nitrogen and oxygen atoms in total. The number of carboxylic acids is 1. The van der Waals surface area contributed by atoms with E-state index in [1.165, 1.54) is 116 Å². The van der Waals surface area contributed by atoms with E-state index in [0.717, 1.165) is 19.4 Å². The zero-order valence-corrected chi connectivity index (χ0v) is 23.4. The van der Waals surface area contributed by atoms with Crippen LogP contribution in [0.15, 0.2) is 0 Å². The molecule has 0 saturated heterocycles. The van der Waals surface area contributed by atoms with Crippen LogP contribution >= 0.6 is 0 Å². The maximum Gasteiger partial charge on any atom is 0.303 e. The highest BCUT2D eigenvalue weighted by molar-refractivity contribution is 5.66. The highest BCUT2D eigenvalue weighted by Gasteiger charge is 2.00. The number of nitrogens with one attached hydrogen (secondary N) is 1. The summed E-state index contributed by atoms with van der Waals surface area (Å²) >= 11 is 0. The van der Waals surface area contributed by atoms with Gasteiger partial charge in [0, 0.05) is 6.42 Å². The summed E-state index contributed by atoms with van der Waals surface area (Å²) < 4.78 is 0. The summed E-state index contributed by atoms with van der Waals surface area (Å²) in [6, 6.07) is 0. The summed E-state index contributed by atoms with van der Waals surface area (Å²) in [5, 5.41) is 12.0. The van der Waals surface area contributed by atoms with Gasteiger partial charge < -0.3 is 10.4 Å². The maximum atomic E-state index is 10.4. The average Bonchev–Trinajstić information content (AvgIpc) is 2.78. The third kappa shape index (κ3) is 33.6. The van der Waals surface area contributed by atoms with Gasteiger partial charge in [-0.05, 0) is 40.4 Å². The van der Waals surface area contributed by atoms with Gasteiger partial charge in [0.25, 0.3) is 0 Å². The predicted molar refractivity (Wildman–Crippen MR) is 147 cm³/mol. The van der Waals surface area contributed by atoms with Gasteiger partial charge in [-0.25, -0.2) is 0 Å². The van der Waals surface area contributed by atoms with E-state index in [-0.39, 0.29) is 0 Å². The molecule has 200 valence electrons. The number of nitrogens with zero attached hydrogens (tertiary/aromatic N) is 1. The Kier molecular flexibility index (Phi) is 30.8. The Bertz CT molecular complexity index is 375. The molecular weight excluding hydrogens is 408 g/mol. The second kappa shape index (κ2) is 29.4. The van der Waals surface area contributed by atoms with Gasteiger partial charge in [0.15, 0.2) is 0 Å². The summed E-state index contributed by atoms with van der Waals surface area (Å²) in [6.45, 7) is 7.84. The van der Waals surface area contributed by atoms with Gasteiger partial charge in [0.05, 0.1) is 6.17 Å². The first-order valence-corrected chi connectivity index (χ1v) is 14.6. The van der Waals surface area contributed by atoms with E-state index in [4.69, 9.17) is 5.11 Å². The molecule has 0 aromatic carbocycles. The molecule has 0 radical (unpaired) electrons. The van der Waals surface area contributed by atoms with Crippen molar-refractivity contribution in [1.29, 1.82) is 0 Å². The standard InChI is InChI=1S/C20H40O2.C9H22N2/c1-2-3-4-5-6-7-8-9-10-11-12-13-14-15-16-17-18-19-20(21)22;1-5-6-7-8-10-9(2)11(3)4/h2-19H2,1H3,(H,21,22);9-10H,5-8H2,1-4H3. The van der Waals surface area contributed by atoms with Crippen molar-refractivity contribution >= 4 is 5.97 Å². The van der Waals surface area contributed by atoms with Crippen molar-refractivity contribution in [2.45, 2.75) is 162 Å². The highest BCUT2D eigenvalue weighted by Crippen LogP contribution is 2.14. The Balaban J connectivity index is 0. The van der Waals surface area contributed by atoms with Crippen molar-refractivity contribution < 1.29 is 9.90 Å². The molecule has 0 spiro atoms. The van der Waals surface area contributed by atoms with E-state index in [1.807, 2.05) is 0 Å². The van der Waals surface area contributed by atoms with E-state index >= 15 is 0 Å². The molecular formula is C29H62N2O2. The molecule has 0 aromatic heterocycles. The van der Waals surface area contributed by atoms with Crippen LogP contribution in [0.1, 0.15) is 156 Å². The minimum absolute atomic E-state index is 0.346. The Hall–Kier alpha value is -0.610. The van der Waals surface area contributed by atoms with E-state index in [2.05, 4.69) is 45.1 Å². The van der Waals surface area contributed by atoms with Crippen LogP contribution in [-0.4, -0.2) is 42.8 Å². The number of hydrogen-bond acceptors (Lipinski definition) is 3. The number of carbonyl (C=O) groups is 1. The Morgan fingerprint density at radius 1 is 0.636 bits per heavy atom. The molecule has 0 aliphatic rings. The first-order valence-electron chi connectivity index (χ1n) is 14.6. The summed E-state index contributed by atoms with van der Waals surface area (Å²) in [7, 11) is 4.19. The highest BCUT2D eigenvalue weighted by atomic mass is 16.4. The molecule has 4 heteroatoms. The predicted octanol–water partition coefficient (Wildman–Crippen LogP) is 8.79. The molecule has 0 amide bonds. The largest absolute Gasteiger partial charge is 0.481 e. The van der Waals surface area contributed by atoms with Crippen molar-refractivity contribution in [3.05, 3.63) is 0 Å². The van der Waals surface area contributed by atoms with E-state index in [1.54, 1.807) is 0 Å². The van der Waals surface area contributed by atoms with Crippen LogP contribution in [0, 0.1) is 0 Å². The summed E-state index contributed by atoms with van der Waals surface area (Å²) in [5.74, 6) is -0.652. The number of aliphatic carboxylic acids is 1. The van der Waals surface area contributed by atoms with E-state index < -0.39 is 5.97 Å². The van der Waals surface area contributed by atoms with E-state index in [9.17, 15) is 4.79 Å². The fourth-order valence-electron chi connectivity index (χ4n) is 3.87. The number of rotatable bonds is 24.